The Morgan fingerprint density at radius 2 is 1.95 bits per heavy atom. The van der Waals surface area contributed by atoms with Crippen molar-refractivity contribution in [1.82, 2.24) is 10.1 Å². The first-order valence-electron chi connectivity index (χ1n) is 5.99. The molecule has 1 aromatic heterocycles. The van der Waals surface area contributed by atoms with Gasteiger partial charge in [-0.25, -0.2) is 0 Å². The zero-order valence-corrected chi connectivity index (χ0v) is 11.3. The maximum atomic E-state index is 12.4. The van der Waals surface area contributed by atoms with Crippen molar-refractivity contribution in [3.05, 3.63) is 46.1 Å². The summed E-state index contributed by atoms with van der Waals surface area (Å²) in [5.74, 6) is -2.00. The third-order valence-electron chi connectivity index (χ3n) is 3.22. The van der Waals surface area contributed by atoms with Crippen LogP contribution in [0.25, 0.3) is 0 Å². The highest BCUT2D eigenvalue weighted by atomic mass is 19.4. The first kappa shape index (κ1) is 15.0. The zero-order chi connectivity index (χ0) is 15.8. The Labute approximate surface area is 117 Å². The summed E-state index contributed by atoms with van der Waals surface area (Å²) in [7, 11) is 0. The van der Waals surface area contributed by atoms with Crippen LogP contribution in [0.4, 0.5) is 13.2 Å². The summed E-state index contributed by atoms with van der Waals surface area (Å²) < 4.78 is 41.3. The van der Waals surface area contributed by atoms with Crippen LogP contribution >= 0.6 is 0 Å². The lowest BCUT2D eigenvalue weighted by atomic mass is 9.96. The van der Waals surface area contributed by atoms with Crippen LogP contribution in [-0.2, 0) is 12.6 Å². The molecule has 1 amide bonds. The van der Waals surface area contributed by atoms with Gasteiger partial charge in [-0.05, 0) is 36.6 Å². The Bertz CT molecular complexity index is 692. The van der Waals surface area contributed by atoms with E-state index in [2.05, 4.69) is 14.7 Å². The molecular weight excluding hydrogens is 287 g/mol. The smallest absolute Gasteiger partial charge is 0.366 e. The first-order valence-corrected chi connectivity index (χ1v) is 5.99. The number of halogens is 3. The van der Waals surface area contributed by atoms with Crippen molar-refractivity contribution in [2.45, 2.75) is 26.4 Å². The number of nitrogens with zero attached hydrogens (tertiary/aromatic N) is 2. The van der Waals surface area contributed by atoms with Crippen molar-refractivity contribution in [2.24, 2.45) is 5.73 Å². The Morgan fingerprint density at radius 1 is 1.29 bits per heavy atom. The standard InChI is InChI=1S/C13H12F3N3O2/c1-6-7(2)9(11(17)20)4-3-8(6)5-10-18-12(21-19-10)13(14,15)16/h3-4H,5H2,1-2H3,(H2,17,20). The fraction of sp³-hybridized carbons (Fsp3) is 0.308. The van der Waals surface area contributed by atoms with Gasteiger partial charge in [-0.2, -0.15) is 18.2 Å². The molecule has 5 nitrogen and oxygen atoms in total. The number of benzene rings is 1. The normalized spacial score (nSPS) is 11.7. The summed E-state index contributed by atoms with van der Waals surface area (Å²) >= 11 is 0. The molecule has 21 heavy (non-hydrogen) atoms. The molecule has 0 aliphatic rings. The van der Waals surface area contributed by atoms with Gasteiger partial charge in [-0.3, -0.25) is 4.79 Å². The molecule has 2 rings (SSSR count). The van der Waals surface area contributed by atoms with E-state index in [0.717, 1.165) is 5.56 Å². The van der Waals surface area contributed by atoms with Gasteiger partial charge in [0.05, 0.1) is 0 Å². The number of aromatic nitrogens is 2. The van der Waals surface area contributed by atoms with Gasteiger partial charge >= 0.3 is 12.1 Å². The van der Waals surface area contributed by atoms with Gasteiger partial charge < -0.3 is 10.3 Å². The topological polar surface area (TPSA) is 82.0 Å². The lowest BCUT2D eigenvalue weighted by molar-refractivity contribution is -0.159. The summed E-state index contributed by atoms with van der Waals surface area (Å²) in [6.07, 6.45) is -4.59. The second-order valence-electron chi connectivity index (χ2n) is 4.58. The third-order valence-corrected chi connectivity index (χ3v) is 3.22. The molecule has 0 atom stereocenters. The van der Waals surface area contributed by atoms with E-state index in [4.69, 9.17) is 5.73 Å². The average molecular weight is 299 g/mol. The highest BCUT2D eigenvalue weighted by Crippen LogP contribution is 2.28. The summed E-state index contributed by atoms with van der Waals surface area (Å²) in [5, 5.41) is 3.31. The highest BCUT2D eigenvalue weighted by molar-refractivity contribution is 5.94. The fourth-order valence-corrected chi connectivity index (χ4v) is 1.95. The maximum absolute atomic E-state index is 12.4. The molecule has 8 heteroatoms. The van der Waals surface area contributed by atoms with Crippen LogP contribution in [0.5, 0.6) is 0 Å². The van der Waals surface area contributed by atoms with Gasteiger partial charge in [-0.15, -0.1) is 0 Å². The quantitative estimate of drug-likeness (QED) is 0.943. The molecule has 0 saturated heterocycles. The Balaban J connectivity index is 2.30. The molecule has 2 aromatic rings. The molecule has 1 aromatic carbocycles. The molecule has 0 aliphatic heterocycles. The Morgan fingerprint density at radius 3 is 2.48 bits per heavy atom. The summed E-state index contributed by atoms with van der Waals surface area (Å²) in [5.41, 5.74) is 7.74. The summed E-state index contributed by atoms with van der Waals surface area (Å²) in [6.45, 7) is 3.47. The van der Waals surface area contributed by atoms with E-state index in [-0.39, 0.29) is 12.2 Å². The lowest BCUT2D eigenvalue weighted by Gasteiger charge is -2.10. The number of primary amides is 1. The fourth-order valence-electron chi connectivity index (χ4n) is 1.95. The van der Waals surface area contributed by atoms with Crippen LogP contribution < -0.4 is 5.73 Å². The molecular formula is C13H12F3N3O2. The molecule has 0 radical (unpaired) electrons. The molecule has 0 aliphatic carbocycles. The van der Waals surface area contributed by atoms with Crippen molar-refractivity contribution in [3.8, 4) is 0 Å². The van der Waals surface area contributed by atoms with E-state index in [1.165, 1.54) is 6.07 Å². The summed E-state index contributed by atoms with van der Waals surface area (Å²) in [6, 6.07) is 3.15. The van der Waals surface area contributed by atoms with Crippen molar-refractivity contribution < 1.29 is 22.5 Å². The van der Waals surface area contributed by atoms with Gasteiger partial charge in [0.2, 0.25) is 5.91 Å². The van der Waals surface area contributed by atoms with E-state index in [9.17, 15) is 18.0 Å². The molecule has 0 saturated carbocycles. The van der Waals surface area contributed by atoms with Crippen LogP contribution in [0.1, 0.15) is 38.8 Å². The Kier molecular flexibility index (Phi) is 3.71. The van der Waals surface area contributed by atoms with Gasteiger partial charge in [0.25, 0.3) is 0 Å². The molecule has 2 N–H and O–H groups in total. The molecule has 0 unspecified atom stereocenters. The van der Waals surface area contributed by atoms with Crippen molar-refractivity contribution in [3.63, 3.8) is 0 Å². The number of rotatable bonds is 3. The second kappa shape index (κ2) is 5.19. The summed E-state index contributed by atoms with van der Waals surface area (Å²) in [4.78, 5) is 14.5. The molecule has 1 heterocycles. The van der Waals surface area contributed by atoms with Crippen molar-refractivity contribution in [2.75, 3.05) is 0 Å². The number of carbonyl (C=O) groups is 1. The van der Waals surface area contributed by atoms with Gasteiger partial charge in [-0.1, -0.05) is 11.2 Å². The minimum absolute atomic E-state index is 0.0725. The van der Waals surface area contributed by atoms with E-state index in [1.54, 1.807) is 19.9 Å². The molecule has 0 bridgehead atoms. The third kappa shape index (κ3) is 3.04. The minimum atomic E-state index is -4.66. The molecule has 0 fully saturated rings. The number of hydrogen-bond acceptors (Lipinski definition) is 4. The van der Waals surface area contributed by atoms with E-state index >= 15 is 0 Å². The predicted octanol–water partition coefficient (Wildman–Crippen LogP) is 2.39. The van der Waals surface area contributed by atoms with Crippen LogP contribution in [0, 0.1) is 13.8 Å². The van der Waals surface area contributed by atoms with Crippen LogP contribution in [0.2, 0.25) is 0 Å². The SMILES string of the molecule is Cc1c(Cc2noc(C(F)(F)F)n2)ccc(C(N)=O)c1C. The van der Waals surface area contributed by atoms with Crippen molar-refractivity contribution >= 4 is 5.91 Å². The van der Waals surface area contributed by atoms with E-state index < -0.39 is 18.0 Å². The minimum Gasteiger partial charge on any atom is -0.366 e. The second-order valence-corrected chi connectivity index (χ2v) is 4.58. The maximum Gasteiger partial charge on any atom is 0.471 e. The van der Waals surface area contributed by atoms with Crippen LogP contribution in [0.15, 0.2) is 16.7 Å². The van der Waals surface area contributed by atoms with Crippen LogP contribution in [-0.4, -0.2) is 16.0 Å². The average Bonchev–Trinajstić information content (AvgIpc) is 2.83. The number of amides is 1. The molecule has 112 valence electrons. The van der Waals surface area contributed by atoms with Crippen molar-refractivity contribution in [1.29, 1.82) is 0 Å². The largest absolute Gasteiger partial charge is 0.471 e. The van der Waals surface area contributed by atoms with Crippen LogP contribution in [0.3, 0.4) is 0 Å². The highest BCUT2D eigenvalue weighted by Gasteiger charge is 2.38. The number of carbonyl (C=O) groups excluding carboxylic acids is 1. The van der Waals surface area contributed by atoms with Gasteiger partial charge in [0.15, 0.2) is 5.82 Å². The predicted molar refractivity (Wildman–Crippen MR) is 66.5 cm³/mol. The first-order chi connectivity index (χ1) is 9.70. The van der Waals surface area contributed by atoms with E-state index in [1.807, 2.05) is 0 Å². The molecule has 0 spiro atoms. The van der Waals surface area contributed by atoms with E-state index in [0.29, 0.717) is 16.7 Å². The number of nitrogens with two attached hydrogens (primary N) is 1. The van der Waals surface area contributed by atoms with Gasteiger partial charge in [0.1, 0.15) is 0 Å². The monoisotopic (exact) mass is 299 g/mol. The number of alkyl halides is 3. The van der Waals surface area contributed by atoms with Gasteiger partial charge in [0, 0.05) is 12.0 Å². The zero-order valence-electron chi connectivity index (χ0n) is 11.3. The number of hydrogen-bond donors (Lipinski definition) is 1. The lowest BCUT2D eigenvalue weighted by Crippen LogP contribution is -2.14. The Hall–Kier alpha value is -2.38.